The van der Waals surface area contributed by atoms with Crippen molar-refractivity contribution in [2.24, 2.45) is 5.92 Å². The van der Waals surface area contributed by atoms with E-state index < -0.39 is 0 Å². The number of nitrogens with one attached hydrogen (secondary N) is 1. The molecule has 1 aromatic rings. The Bertz CT molecular complexity index is 513. The third kappa shape index (κ3) is 2.65. The van der Waals surface area contributed by atoms with Gasteiger partial charge < -0.3 is 5.32 Å². The summed E-state index contributed by atoms with van der Waals surface area (Å²) in [7, 11) is 0. The highest BCUT2D eigenvalue weighted by Gasteiger charge is 2.32. The Kier molecular flexibility index (Phi) is 3.79. The summed E-state index contributed by atoms with van der Waals surface area (Å²) in [5.41, 5.74) is 6.66. The third-order valence-electron chi connectivity index (χ3n) is 6.05. The molecule has 3 aliphatic rings. The molecule has 1 N–H and O–H groups in total. The van der Waals surface area contributed by atoms with E-state index in [-0.39, 0.29) is 0 Å². The van der Waals surface area contributed by atoms with Gasteiger partial charge in [-0.15, -0.1) is 0 Å². The predicted octanol–water partition coefficient (Wildman–Crippen LogP) is 4.72. The number of fused-ring (bicyclic) bond motifs is 2. The number of benzene rings is 1. The Labute approximate surface area is 129 Å². The van der Waals surface area contributed by atoms with Crippen LogP contribution >= 0.6 is 0 Å². The summed E-state index contributed by atoms with van der Waals surface area (Å²) in [5, 5.41) is 3.95. The van der Waals surface area contributed by atoms with Crippen LogP contribution in [0.1, 0.15) is 80.2 Å². The summed E-state index contributed by atoms with van der Waals surface area (Å²) in [5.74, 6) is 0.877. The van der Waals surface area contributed by atoms with Gasteiger partial charge in [-0.3, -0.25) is 0 Å². The first kappa shape index (κ1) is 13.8. The van der Waals surface area contributed by atoms with Crippen LogP contribution in [0.3, 0.4) is 0 Å². The number of rotatable bonds is 1. The molecule has 0 radical (unpaired) electrons. The first-order valence-corrected chi connectivity index (χ1v) is 9.22. The van der Waals surface area contributed by atoms with Gasteiger partial charge in [-0.1, -0.05) is 31.4 Å². The summed E-state index contributed by atoms with van der Waals surface area (Å²) in [6.45, 7) is 2.37. The highest BCUT2D eigenvalue weighted by Crippen LogP contribution is 2.40. The zero-order chi connectivity index (χ0) is 14.2. The zero-order valence-electron chi connectivity index (χ0n) is 13.5. The number of hydrogen-bond acceptors (Lipinski definition) is 1. The lowest BCUT2D eigenvalue weighted by molar-refractivity contribution is 0.245. The molecule has 1 heteroatoms. The minimum Gasteiger partial charge on any atom is -0.307 e. The van der Waals surface area contributed by atoms with Gasteiger partial charge in [0.05, 0.1) is 0 Å². The molecular formula is C20H29N. The summed E-state index contributed by atoms with van der Waals surface area (Å²) in [6, 6.07) is 6.46. The van der Waals surface area contributed by atoms with Gasteiger partial charge in [0, 0.05) is 12.1 Å². The molecule has 1 heterocycles. The largest absolute Gasteiger partial charge is 0.307 e. The van der Waals surface area contributed by atoms with Gasteiger partial charge in [0.25, 0.3) is 0 Å². The lowest BCUT2D eigenvalue weighted by Crippen LogP contribution is -2.41. The molecule has 0 aromatic heterocycles. The van der Waals surface area contributed by atoms with E-state index in [2.05, 4.69) is 24.4 Å². The predicted molar refractivity (Wildman–Crippen MR) is 88.7 cm³/mol. The highest BCUT2D eigenvalue weighted by molar-refractivity contribution is 5.43. The Morgan fingerprint density at radius 3 is 2.33 bits per heavy atom. The van der Waals surface area contributed by atoms with Crippen molar-refractivity contribution in [2.75, 3.05) is 0 Å². The second-order valence-corrected chi connectivity index (χ2v) is 7.67. The van der Waals surface area contributed by atoms with E-state index in [1.165, 1.54) is 64.2 Å². The minimum atomic E-state index is 0.635. The molecule has 1 fully saturated rings. The van der Waals surface area contributed by atoms with Crippen LogP contribution in [0.15, 0.2) is 12.1 Å². The molecule has 2 atom stereocenters. The molecule has 2 aliphatic carbocycles. The normalized spacial score (nSPS) is 29.8. The van der Waals surface area contributed by atoms with E-state index in [0.29, 0.717) is 12.1 Å². The fourth-order valence-corrected chi connectivity index (χ4v) is 4.96. The lowest BCUT2D eigenvalue weighted by atomic mass is 9.75. The van der Waals surface area contributed by atoms with Crippen LogP contribution < -0.4 is 5.32 Å². The van der Waals surface area contributed by atoms with E-state index in [1.54, 1.807) is 22.3 Å². The van der Waals surface area contributed by atoms with Gasteiger partial charge in [-0.2, -0.15) is 0 Å². The SMILES string of the molecule is CC1Cc2cc3c(cc2C(C2CCCCC2)N1)CCCC3. The smallest absolute Gasteiger partial charge is 0.0353 e. The van der Waals surface area contributed by atoms with Crippen molar-refractivity contribution >= 4 is 0 Å². The van der Waals surface area contributed by atoms with Gasteiger partial charge in [-0.05, 0) is 80.0 Å². The molecule has 1 nitrogen and oxygen atoms in total. The van der Waals surface area contributed by atoms with Gasteiger partial charge in [0.2, 0.25) is 0 Å². The van der Waals surface area contributed by atoms with Crippen molar-refractivity contribution in [3.63, 3.8) is 0 Å². The Hall–Kier alpha value is -0.820. The van der Waals surface area contributed by atoms with Gasteiger partial charge in [0.1, 0.15) is 0 Å². The molecule has 21 heavy (non-hydrogen) atoms. The standard InChI is InChI=1S/C20H29N/c1-14-11-18-12-16-9-5-6-10-17(16)13-19(18)20(21-14)15-7-3-2-4-8-15/h12-15,20-21H,2-11H2,1H3. The molecule has 0 spiro atoms. The molecule has 0 saturated heterocycles. The van der Waals surface area contributed by atoms with Gasteiger partial charge in [-0.25, -0.2) is 0 Å². The molecular weight excluding hydrogens is 254 g/mol. The van der Waals surface area contributed by atoms with Crippen molar-refractivity contribution < 1.29 is 0 Å². The molecule has 1 aliphatic heterocycles. The molecule has 1 saturated carbocycles. The maximum absolute atomic E-state index is 3.95. The lowest BCUT2D eigenvalue weighted by Gasteiger charge is -2.39. The zero-order valence-corrected chi connectivity index (χ0v) is 13.5. The molecule has 0 bridgehead atoms. The third-order valence-corrected chi connectivity index (χ3v) is 6.05. The van der Waals surface area contributed by atoms with Crippen LogP contribution in [0.4, 0.5) is 0 Å². The second-order valence-electron chi connectivity index (χ2n) is 7.67. The molecule has 114 valence electrons. The summed E-state index contributed by atoms with van der Waals surface area (Å²) in [4.78, 5) is 0. The van der Waals surface area contributed by atoms with E-state index in [1.807, 2.05) is 0 Å². The van der Waals surface area contributed by atoms with E-state index >= 15 is 0 Å². The average molecular weight is 283 g/mol. The van der Waals surface area contributed by atoms with Crippen LogP contribution in [0.2, 0.25) is 0 Å². The van der Waals surface area contributed by atoms with Crippen LogP contribution in [0, 0.1) is 5.92 Å². The van der Waals surface area contributed by atoms with Crippen molar-refractivity contribution in [3.05, 3.63) is 34.4 Å². The Balaban J connectivity index is 1.71. The van der Waals surface area contributed by atoms with Gasteiger partial charge in [0.15, 0.2) is 0 Å². The molecule has 4 rings (SSSR count). The maximum atomic E-state index is 3.95. The maximum Gasteiger partial charge on any atom is 0.0353 e. The van der Waals surface area contributed by atoms with Crippen molar-refractivity contribution in [1.29, 1.82) is 0 Å². The Morgan fingerprint density at radius 2 is 1.57 bits per heavy atom. The van der Waals surface area contributed by atoms with Crippen LogP contribution in [-0.2, 0) is 19.3 Å². The fourth-order valence-electron chi connectivity index (χ4n) is 4.96. The summed E-state index contributed by atoms with van der Waals surface area (Å²) < 4.78 is 0. The minimum absolute atomic E-state index is 0.635. The number of hydrogen-bond donors (Lipinski definition) is 1. The van der Waals surface area contributed by atoms with E-state index in [4.69, 9.17) is 0 Å². The van der Waals surface area contributed by atoms with Crippen LogP contribution in [0.5, 0.6) is 0 Å². The molecule has 0 amide bonds. The van der Waals surface area contributed by atoms with Crippen LogP contribution in [0.25, 0.3) is 0 Å². The first-order valence-electron chi connectivity index (χ1n) is 9.22. The van der Waals surface area contributed by atoms with Gasteiger partial charge >= 0.3 is 0 Å². The van der Waals surface area contributed by atoms with Crippen molar-refractivity contribution in [1.82, 2.24) is 5.32 Å². The quantitative estimate of drug-likeness (QED) is 0.786. The van der Waals surface area contributed by atoms with Crippen LogP contribution in [-0.4, -0.2) is 6.04 Å². The number of aryl methyl sites for hydroxylation is 2. The van der Waals surface area contributed by atoms with E-state index in [0.717, 1.165) is 5.92 Å². The molecule has 2 unspecified atom stereocenters. The van der Waals surface area contributed by atoms with E-state index in [9.17, 15) is 0 Å². The average Bonchev–Trinajstić information content (AvgIpc) is 2.53. The fraction of sp³-hybridized carbons (Fsp3) is 0.700. The Morgan fingerprint density at radius 1 is 0.857 bits per heavy atom. The highest BCUT2D eigenvalue weighted by atomic mass is 15.0. The summed E-state index contributed by atoms with van der Waals surface area (Å²) >= 11 is 0. The van der Waals surface area contributed by atoms with Crippen molar-refractivity contribution in [3.8, 4) is 0 Å². The summed E-state index contributed by atoms with van der Waals surface area (Å²) in [6.07, 6.45) is 13.8. The second kappa shape index (κ2) is 5.76. The first-order chi connectivity index (χ1) is 10.3. The van der Waals surface area contributed by atoms with Crippen molar-refractivity contribution in [2.45, 2.75) is 83.2 Å². The monoisotopic (exact) mass is 283 g/mol. The molecule has 1 aromatic carbocycles. The topological polar surface area (TPSA) is 12.0 Å².